The first-order valence-electron chi connectivity index (χ1n) is 10.8. The normalized spacial score (nSPS) is 22.5. The van der Waals surface area contributed by atoms with Crippen LogP contribution in [0.25, 0.3) is 0 Å². The molecule has 0 aliphatic carbocycles. The molecule has 2 heterocycles. The van der Waals surface area contributed by atoms with Gasteiger partial charge in [-0.1, -0.05) is 48.5 Å². The lowest BCUT2D eigenvalue weighted by atomic mass is 9.99. The van der Waals surface area contributed by atoms with Gasteiger partial charge in [-0.2, -0.15) is 0 Å². The van der Waals surface area contributed by atoms with Gasteiger partial charge in [-0.15, -0.1) is 0 Å². The van der Waals surface area contributed by atoms with Crippen molar-refractivity contribution in [3.05, 3.63) is 66.2 Å². The van der Waals surface area contributed by atoms with Gasteiger partial charge in [0, 0.05) is 63.6 Å². The first-order chi connectivity index (χ1) is 13.8. The van der Waals surface area contributed by atoms with E-state index in [0.717, 1.165) is 45.7 Å². The Labute approximate surface area is 169 Å². The van der Waals surface area contributed by atoms with Crippen molar-refractivity contribution >= 4 is 5.69 Å². The second-order valence-corrected chi connectivity index (χ2v) is 8.17. The number of anilines is 1. The molecule has 2 aliphatic rings. The summed E-state index contributed by atoms with van der Waals surface area (Å²) in [6.45, 7) is 6.88. The Kier molecular flexibility index (Phi) is 6.63. The Bertz CT molecular complexity index is 700. The van der Waals surface area contributed by atoms with Gasteiger partial charge in [0.05, 0.1) is 0 Å². The maximum absolute atomic E-state index is 9.61. The van der Waals surface area contributed by atoms with E-state index in [4.69, 9.17) is 0 Å². The van der Waals surface area contributed by atoms with Crippen LogP contribution in [-0.2, 0) is 6.54 Å². The van der Waals surface area contributed by atoms with E-state index in [9.17, 15) is 5.11 Å². The summed E-state index contributed by atoms with van der Waals surface area (Å²) in [4.78, 5) is 7.79. The van der Waals surface area contributed by atoms with Gasteiger partial charge >= 0.3 is 0 Å². The third-order valence-corrected chi connectivity index (χ3v) is 6.43. The van der Waals surface area contributed by atoms with E-state index in [-0.39, 0.29) is 6.61 Å². The molecule has 0 spiro atoms. The minimum absolute atomic E-state index is 0.274. The predicted octanol–water partition coefficient (Wildman–Crippen LogP) is 3.22. The molecule has 0 bridgehead atoms. The summed E-state index contributed by atoms with van der Waals surface area (Å²) >= 11 is 0. The van der Waals surface area contributed by atoms with E-state index >= 15 is 0 Å². The highest BCUT2D eigenvalue weighted by Crippen LogP contribution is 2.25. The molecular weight excluding hydrogens is 346 g/mol. The molecule has 1 N–H and O–H groups in total. The van der Waals surface area contributed by atoms with Crippen LogP contribution in [0.3, 0.4) is 0 Å². The summed E-state index contributed by atoms with van der Waals surface area (Å²) in [6, 6.07) is 22.7. The number of piperazine rings is 1. The largest absolute Gasteiger partial charge is 0.396 e. The zero-order chi connectivity index (χ0) is 19.2. The van der Waals surface area contributed by atoms with Crippen molar-refractivity contribution in [1.29, 1.82) is 0 Å². The Balaban J connectivity index is 1.33. The molecule has 2 fully saturated rings. The Morgan fingerprint density at radius 3 is 2.18 bits per heavy atom. The van der Waals surface area contributed by atoms with Crippen molar-refractivity contribution in [3.8, 4) is 0 Å². The summed E-state index contributed by atoms with van der Waals surface area (Å²) in [5, 5.41) is 9.61. The fourth-order valence-electron chi connectivity index (χ4n) is 4.83. The third kappa shape index (κ3) is 4.75. The van der Waals surface area contributed by atoms with E-state index in [0.29, 0.717) is 12.1 Å². The van der Waals surface area contributed by atoms with Gasteiger partial charge in [-0.05, 0) is 37.0 Å². The van der Waals surface area contributed by atoms with E-state index in [1.54, 1.807) is 0 Å². The van der Waals surface area contributed by atoms with Gasteiger partial charge in [-0.3, -0.25) is 9.80 Å². The Morgan fingerprint density at radius 1 is 0.821 bits per heavy atom. The molecule has 4 nitrogen and oxygen atoms in total. The van der Waals surface area contributed by atoms with E-state index in [2.05, 4.69) is 75.4 Å². The SMILES string of the molecule is OCC[C@H]1CN(C2CCN(c3ccccc3)CC2)CCN1Cc1ccccc1. The number of rotatable bonds is 6. The molecule has 150 valence electrons. The van der Waals surface area contributed by atoms with Gasteiger partial charge in [-0.25, -0.2) is 0 Å². The number of piperidine rings is 1. The molecule has 0 aromatic heterocycles. The third-order valence-electron chi connectivity index (χ3n) is 6.43. The smallest absolute Gasteiger partial charge is 0.0446 e. The molecule has 4 heteroatoms. The van der Waals surface area contributed by atoms with Crippen LogP contribution in [-0.4, -0.2) is 66.3 Å². The standard InChI is InChI=1S/C24H33N3O/c28-18-13-24-20-27(17-16-26(24)19-21-7-3-1-4-8-21)23-11-14-25(15-12-23)22-9-5-2-6-10-22/h1-10,23-24,28H,11-20H2/t24-/m0/s1. The van der Waals surface area contributed by atoms with Crippen LogP contribution in [0.2, 0.25) is 0 Å². The van der Waals surface area contributed by atoms with Crippen molar-refractivity contribution in [2.45, 2.75) is 37.9 Å². The molecular formula is C24H33N3O. The van der Waals surface area contributed by atoms with Crippen LogP contribution in [0.4, 0.5) is 5.69 Å². The zero-order valence-electron chi connectivity index (χ0n) is 16.8. The summed E-state index contributed by atoms with van der Waals surface area (Å²) in [7, 11) is 0. The van der Waals surface area contributed by atoms with E-state index in [1.165, 1.54) is 24.1 Å². The molecule has 2 aromatic rings. The van der Waals surface area contributed by atoms with Gasteiger partial charge in [0.25, 0.3) is 0 Å². The number of para-hydroxylation sites is 1. The second kappa shape index (κ2) is 9.55. The van der Waals surface area contributed by atoms with Crippen molar-refractivity contribution in [3.63, 3.8) is 0 Å². The molecule has 2 aliphatic heterocycles. The van der Waals surface area contributed by atoms with Crippen LogP contribution in [0.15, 0.2) is 60.7 Å². The molecule has 0 saturated carbocycles. The van der Waals surface area contributed by atoms with Crippen LogP contribution in [0.5, 0.6) is 0 Å². The van der Waals surface area contributed by atoms with Crippen LogP contribution < -0.4 is 4.90 Å². The first kappa shape index (κ1) is 19.4. The molecule has 1 atom stereocenters. The van der Waals surface area contributed by atoms with Crippen molar-refractivity contribution in [1.82, 2.24) is 9.80 Å². The monoisotopic (exact) mass is 379 g/mol. The van der Waals surface area contributed by atoms with Crippen molar-refractivity contribution < 1.29 is 5.11 Å². The molecule has 28 heavy (non-hydrogen) atoms. The lowest BCUT2D eigenvalue weighted by molar-refractivity contribution is 0.0254. The number of aliphatic hydroxyl groups is 1. The van der Waals surface area contributed by atoms with Gasteiger partial charge in [0.1, 0.15) is 0 Å². The average molecular weight is 380 g/mol. The molecule has 0 unspecified atom stereocenters. The minimum atomic E-state index is 0.274. The fourth-order valence-corrected chi connectivity index (χ4v) is 4.83. The molecule has 0 radical (unpaired) electrons. The fraction of sp³-hybridized carbons (Fsp3) is 0.500. The van der Waals surface area contributed by atoms with E-state index < -0.39 is 0 Å². The molecule has 0 amide bonds. The predicted molar refractivity (Wildman–Crippen MR) is 116 cm³/mol. The lowest BCUT2D eigenvalue weighted by Gasteiger charge is -2.47. The van der Waals surface area contributed by atoms with E-state index in [1.807, 2.05) is 0 Å². The highest BCUT2D eigenvalue weighted by atomic mass is 16.3. The highest BCUT2D eigenvalue weighted by molar-refractivity contribution is 5.46. The van der Waals surface area contributed by atoms with Gasteiger partial charge in [0.2, 0.25) is 0 Å². The van der Waals surface area contributed by atoms with Crippen LogP contribution >= 0.6 is 0 Å². The van der Waals surface area contributed by atoms with Crippen molar-refractivity contribution in [2.24, 2.45) is 0 Å². The van der Waals surface area contributed by atoms with Gasteiger partial charge in [0.15, 0.2) is 0 Å². The number of nitrogens with zero attached hydrogens (tertiary/aromatic N) is 3. The molecule has 2 aromatic carbocycles. The maximum atomic E-state index is 9.61. The van der Waals surface area contributed by atoms with Crippen LogP contribution in [0, 0.1) is 0 Å². The molecule has 4 rings (SSSR count). The summed E-state index contributed by atoms with van der Waals surface area (Å²) in [6.07, 6.45) is 3.34. The summed E-state index contributed by atoms with van der Waals surface area (Å²) < 4.78 is 0. The first-order valence-corrected chi connectivity index (χ1v) is 10.8. The number of hydrogen-bond donors (Lipinski definition) is 1. The number of aliphatic hydroxyl groups excluding tert-OH is 1. The summed E-state index contributed by atoms with van der Waals surface area (Å²) in [5.41, 5.74) is 2.72. The number of hydrogen-bond acceptors (Lipinski definition) is 4. The molecule has 2 saturated heterocycles. The van der Waals surface area contributed by atoms with Gasteiger partial charge < -0.3 is 10.0 Å². The summed E-state index contributed by atoms with van der Waals surface area (Å²) in [5.74, 6) is 0. The zero-order valence-corrected chi connectivity index (χ0v) is 16.8. The lowest BCUT2D eigenvalue weighted by Crippen LogP contribution is -2.57. The quantitative estimate of drug-likeness (QED) is 0.835. The Morgan fingerprint density at radius 2 is 1.50 bits per heavy atom. The van der Waals surface area contributed by atoms with Crippen LogP contribution in [0.1, 0.15) is 24.8 Å². The maximum Gasteiger partial charge on any atom is 0.0446 e. The average Bonchev–Trinajstić information content (AvgIpc) is 2.77. The Hall–Kier alpha value is -1.88. The number of benzene rings is 2. The van der Waals surface area contributed by atoms with Crippen molar-refractivity contribution in [2.75, 3.05) is 44.2 Å². The minimum Gasteiger partial charge on any atom is -0.396 e. The highest BCUT2D eigenvalue weighted by Gasteiger charge is 2.32. The topological polar surface area (TPSA) is 30.0 Å². The second-order valence-electron chi connectivity index (χ2n) is 8.17.